The van der Waals surface area contributed by atoms with Crippen LogP contribution in [0.4, 0.5) is 4.79 Å². The Balaban J connectivity index is 0.00000392. The highest BCUT2D eigenvalue weighted by atomic mass is 127. The van der Waals surface area contributed by atoms with Gasteiger partial charge in [0, 0.05) is 33.2 Å². The fraction of sp³-hybridized carbons (Fsp3) is 0.619. The van der Waals surface area contributed by atoms with Crippen LogP contribution in [0.25, 0.3) is 0 Å². The van der Waals surface area contributed by atoms with Crippen LogP contribution in [0, 0.1) is 12.8 Å². The third-order valence-corrected chi connectivity index (χ3v) is 4.49. The predicted octanol–water partition coefficient (Wildman–Crippen LogP) is 3.93. The van der Waals surface area contributed by atoms with E-state index in [0.29, 0.717) is 5.92 Å². The van der Waals surface area contributed by atoms with Gasteiger partial charge in [0.15, 0.2) is 5.96 Å². The van der Waals surface area contributed by atoms with Gasteiger partial charge in [0.2, 0.25) is 0 Å². The van der Waals surface area contributed by atoms with Gasteiger partial charge in [-0.05, 0) is 52.0 Å². The van der Waals surface area contributed by atoms with Crippen molar-refractivity contribution < 1.29 is 9.53 Å². The molecule has 0 spiro atoms. The van der Waals surface area contributed by atoms with Gasteiger partial charge in [-0.2, -0.15) is 0 Å². The van der Waals surface area contributed by atoms with Crippen molar-refractivity contribution in [2.45, 2.75) is 52.7 Å². The lowest BCUT2D eigenvalue weighted by Crippen LogP contribution is -2.47. The summed E-state index contributed by atoms with van der Waals surface area (Å²) in [6.45, 7) is 10.8. The molecule has 0 saturated carbocycles. The van der Waals surface area contributed by atoms with E-state index in [9.17, 15) is 4.79 Å². The van der Waals surface area contributed by atoms with Gasteiger partial charge in [-0.1, -0.05) is 29.8 Å². The smallest absolute Gasteiger partial charge is 0.410 e. The average Bonchev–Trinajstić information content (AvgIpc) is 2.61. The molecule has 1 saturated heterocycles. The summed E-state index contributed by atoms with van der Waals surface area (Å²) in [4.78, 5) is 18.4. The van der Waals surface area contributed by atoms with Gasteiger partial charge in [-0.25, -0.2) is 4.79 Å². The van der Waals surface area contributed by atoms with Crippen molar-refractivity contribution in [2.75, 3.05) is 26.7 Å². The SMILES string of the molecule is CN=C(NCc1cccc(C)c1)NCC1CCCN(C(=O)OC(C)(C)C)C1.I. The third-order valence-electron chi connectivity index (χ3n) is 4.49. The van der Waals surface area contributed by atoms with Crippen LogP contribution in [0.1, 0.15) is 44.7 Å². The lowest BCUT2D eigenvalue weighted by molar-refractivity contribution is 0.0168. The van der Waals surface area contributed by atoms with Crippen molar-refractivity contribution >= 4 is 36.0 Å². The first kappa shape index (κ1) is 24.5. The van der Waals surface area contributed by atoms with Crippen LogP contribution in [0.2, 0.25) is 0 Å². The summed E-state index contributed by atoms with van der Waals surface area (Å²) in [5.74, 6) is 1.18. The highest BCUT2D eigenvalue weighted by Gasteiger charge is 2.27. The number of nitrogens with one attached hydrogen (secondary N) is 2. The topological polar surface area (TPSA) is 66.0 Å². The van der Waals surface area contributed by atoms with Crippen molar-refractivity contribution in [1.82, 2.24) is 15.5 Å². The highest BCUT2D eigenvalue weighted by Crippen LogP contribution is 2.18. The van der Waals surface area contributed by atoms with E-state index >= 15 is 0 Å². The number of benzene rings is 1. The maximum absolute atomic E-state index is 12.3. The van der Waals surface area contributed by atoms with Crippen LogP contribution in [-0.4, -0.2) is 49.2 Å². The van der Waals surface area contributed by atoms with E-state index in [4.69, 9.17) is 4.74 Å². The Kier molecular flexibility index (Phi) is 10.1. The second-order valence-corrected chi connectivity index (χ2v) is 8.23. The minimum Gasteiger partial charge on any atom is -0.444 e. The zero-order valence-corrected chi connectivity index (χ0v) is 20.1. The fourth-order valence-electron chi connectivity index (χ4n) is 3.19. The Hall–Kier alpha value is -1.51. The molecule has 1 aliphatic heterocycles. The molecule has 0 aliphatic carbocycles. The molecular formula is C21H35IN4O2. The first-order valence-corrected chi connectivity index (χ1v) is 9.75. The second-order valence-electron chi connectivity index (χ2n) is 8.23. The molecule has 2 rings (SSSR count). The molecule has 0 aromatic heterocycles. The normalized spacial score (nSPS) is 17.5. The average molecular weight is 502 g/mol. The van der Waals surface area contributed by atoms with Crippen molar-refractivity contribution in [1.29, 1.82) is 0 Å². The second kappa shape index (κ2) is 11.5. The lowest BCUT2D eigenvalue weighted by atomic mass is 9.98. The number of piperidine rings is 1. The predicted molar refractivity (Wildman–Crippen MR) is 125 cm³/mol. The van der Waals surface area contributed by atoms with Gasteiger partial charge in [-0.15, -0.1) is 24.0 Å². The quantitative estimate of drug-likeness (QED) is 0.372. The number of amides is 1. The molecule has 1 fully saturated rings. The summed E-state index contributed by atoms with van der Waals surface area (Å²) >= 11 is 0. The molecule has 2 N–H and O–H groups in total. The molecule has 6 nitrogen and oxygen atoms in total. The Morgan fingerprint density at radius 1 is 1.32 bits per heavy atom. The van der Waals surface area contributed by atoms with Crippen LogP contribution >= 0.6 is 24.0 Å². The number of ether oxygens (including phenoxy) is 1. The van der Waals surface area contributed by atoms with Crippen LogP contribution in [0.3, 0.4) is 0 Å². The zero-order valence-electron chi connectivity index (χ0n) is 17.7. The molecule has 1 amide bonds. The van der Waals surface area contributed by atoms with Crippen molar-refractivity contribution in [3.05, 3.63) is 35.4 Å². The number of carbonyl (C=O) groups excluding carboxylic acids is 1. The molecule has 158 valence electrons. The van der Waals surface area contributed by atoms with Gasteiger partial charge in [0.05, 0.1) is 0 Å². The van der Waals surface area contributed by atoms with E-state index in [1.807, 2.05) is 25.7 Å². The number of hydrogen-bond donors (Lipinski definition) is 2. The summed E-state index contributed by atoms with van der Waals surface area (Å²) in [5, 5.41) is 6.74. The lowest BCUT2D eigenvalue weighted by Gasteiger charge is -2.34. The first-order chi connectivity index (χ1) is 12.8. The van der Waals surface area contributed by atoms with Gasteiger partial charge >= 0.3 is 6.09 Å². The van der Waals surface area contributed by atoms with Gasteiger partial charge in [0.25, 0.3) is 0 Å². The van der Waals surface area contributed by atoms with Crippen LogP contribution in [0.5, 0.6) is 0 Å². The van der Waals surface area contributed by atoms with Crippen LogP contribution in [0.15, 0.2) is 29.3 Å². The number of carbonyl (C=O) groups is 1. The van der Waals surface area contributed by atoms with E-state index in [-0.39, 0.29) is 30.1 Å². The van der Waals surface area contributed by atoms with Crippen LogP contribution in [-0.2, 0) is 11.3 Å². The Labute approximate surface area is 186 Å². The molecule has 1 aliphatic rings. The molecule has 1 aromatic rings. The molecule has 1 heterocycles. The summed E-state index contributed by atoms with van der Waals surface area (Å²) < 4.78 is 5.50. The number of likely N-dealkylation sites (tertiary alicyclic amines) is 1. The van der Waals surface area contributed by atoms with Gasteiger partial charge < -0.3 is 20.3 Å². The molecule has 1 atom stereocenters. The Bertz CT molecular complexity index is 658. The number of hydrogen-bond acceptors (Lipinski definition) is 3. The first-order valence-electron chi connectivity index (χ1n) is 9.75. The summed E-state index contributed by atoms with van der Waals surface area (Å²) in [6.07, 6.45) is 1.89. The van der Waals surface area contributed by atoms with E-state index < -0.39 is 5.60 Å². The summed E-state index contributed by atoms with van der Waals surface area (Å²) in [6, 6.07) is 8.43. The number of nitrogens with zero attached hydrogens (tertiary/aromatic N) is 2. The molecule has 28 heavy (non-hydrogen) atoms. The molecule has 1 aromatic carbocycles. The number of halogens is 1. The number of rotatable bonds is 4. The number of aryl methyl sites for hydroxylation is 1. The zero-order chi connectivity index (χ0) is 19.9. The Morgan fingerprint density at radius 3 is 2.71 bits per heavy atom. The van der Waals surface area contributed by atoms with Gasteiger partial charge in [0.1, 0.15) is 5.60 Å². The number of aliphatic imine (C=N–C) groups is 1. The third kappa shape index (κ3) is 8.67. The fourth-order valence-corrected chi connectivity index (χ4v) is 3.19. The van der Waals surface area contributed by atoms with E-state index in [1.54, 1.807) is 7.05 Å². The van der Waals surface area contributed by atoms with E-state index in [2.05, 4.69) is 46.8 Å². The monoisotopic (exact) mass is 502 g/mol. The number of guanidine groups is 1. The molecular weight excluding hydrogens is 467 g/mol. The molecule has 1 unspecified atom stereocenters. The maximum Gasteiger partial charge on any atom is 0.410 e. The standard InChI is InChI=1S/C21H34N4O2.HI/c1-16-8-6-9-17(12-16)13-23-19(22-5)24-14-18-10-7-11-25(15-18)20(26)27-21(2,3)4;/h6,8-9,12,18H,7,10-11,13-15H2,1-5H3,(H2,22,23,24);1H. The molecule has 0 radical (unpaired) electrons. The van der Waals surface area contributed by atoms with E-state index in [0.717, 1.165) is 45.0 Å². The van der Waals surface area contributed by atoms with Crippen molar-refractivity contribution in [3.8, 4) is 0 Å². The molecule has 0 bridgehead atoms. The van der Waals surface area contributed by atoms with Crippen LogP contribution < -0.4 is 10.6 Å². The minimum atomic E-state index is -0.454. The summed E-state index contributed by atoms with van der Waals surface area (Å²) in [5.41, 5.74) is 2.03. The minimum absolute atomic E-state index is 0. The highest BCUT2D eigenvalue weighted by molar-refractivity contribution is 14.0. The van der Waals surface area contributed by atoms with Crippen molar-refractivity contribution in [2.24, 2.45) is 10.9 Å². The van der Waals surface area contributed by atoms with E-state index in [1.165, 1.54) is 11.1 Å². The molecule has 7 heteroatoms. The largest absolute Gasteiger partial charge is 0.444 e. The Morgan fingerprint density at radius 2 is 2.07 bits per heavy atom. The summed E-state index contributed by atoms with van der Waals surface area (Å²) in [7, 11) is 1.78. The maximum atomic E-state index is 12.3. The van der Waals surface area contributed by atoms with Gasteiger partial charge in [-0.3, -0.25) is 4.99 Å². The van der Waals surface area contributed by atoms with Crippen molar-refractivity contribution in [3.63, 3.8) is 0 Å².